The molecule has 1 aliphatic heterocycles. The largest absolute Gasteiger partial charge is 0.469 e. The number of hydrogen-bond donors (Lipinski definition) is 1. The van der Waals surface area contributed by atoms with Crippen molar-refractivity contribution < 1.29 is 14.0 Å². The summed E-state index contributed by atoms with van der Waals surface area (Å²) in [6, 6.07) is 1.90. The zero-order chi connectivity index (χ0) is 14.1. The van der Waals surface area contributed by atoms with E-state index >= 15 is 0 Å². The highest BCUT2D eigenvalue weighted by molar-refractivity contribution is 6.39. The molecule has 2 aliphatic rings. The molecule has 0 spiro atoms. The molecule has 1 aromatic rings. The van der Waals surface area contributed by atoms with Crippen LogP contribution >= 0.6 is 0 Å². The van der Waals surface area contributed by atoms with Gasteiger partial charge in [-0.3, -0.25) is 9.59 Å². The van der Waals surface area contributed by atoms with Gasteiger partial charge in [0.05, 0.1) is 12.3 Å². The minimum atomic E-state index is -0.191. The maximum Gasteiger partial charge on any atom is 0.267 e. The summed E-state index contributed by atoms with van der Waals surface area (Å²) in [5, 5.41) is 8.27. The number of furan rings is 1. The average Bonchev–Trinajstić information content (AvgIpc) is 2.91. The molecule has 6 heteroatoms. The van der Waals surface area contributed by atoms with Crippen molar-refractivity contribution in [1.29, 1.82) is 0 Å². The second-order valence-corrected chi connectivity index (χ2v) is 5.18. The molecule has 1 atom stereocenters. The zero-order valence-electron chi connectivity index (χ0n) is 11.4. The van der Waals surface area contributed by atoms with Crippen LogP contribution in [-0.4, -0.2) is 29.6 Å². The summed E-state index contributed by atoms with van der Waals surface area (Å²) < 4.78 is 5.41. The Morgan fingerprint density at radius 2 is 2.30 bits per heavy atom. The highest BCUT2D eigenvalue weighted by atomic mass is 16.3. The molecule has 106 valence electrons. The summed E-state index contributed by atoms with van der Waals surface area (Å²) in [6.45, 7) is 0. The second-order valence-electron chi connectivity index (χ2n) is 5.18. The zero-order valence-corrected chi connectivity index (χ0v) is 11.4. The van der Waals surface area contributed by atoms with Gasteiger partial charge in [-0.05, 0) is 18.9 Å². The van der Waals surface area contributed by atoms with Gasteiger partial charge in [-0.1, -0.05) is 0 Å². The number of carbonyl (C=O) groups excluding carboxylic acids is 2. The van der Waals surface area contributed by atoms with Gasteiger partial charge in [-0.25, -0.2) is 5.01 Å². The summed E-state index contributed by atoms with van der Waals surface area (Å²) >= 11 is 0. The smallest absolute Gasteiger partial charge is 0.267 e. The van der Waals surface area contributed by atoms with Crippen LogP contribution in [0, 0.1) is 0 Å². The maximum absolute atomic E-state index is 12.2. The van der Waals surface area contributed by atoms with Crippen molar-refractivity contribution in [3.63, 3.8) is 0 Å². The van der Waals surface area contributed by atoms with Gasteiger partial charge in [0.1, 0.15) is 11.5 Å². The molecule has 20 heavy (non-hydrogen) atoms. The Bertz CT molecular complexity index is 576. The third-order valence-electron chi connectivity index (χ3n) is 3.83. The van der Waals surface area contributed by atoms with Gasteiger partial charge in [0.2, 0.25) is 5.91 Å². The Balaban J connectivity index is 1.72. The predicted octanol–water partition coefficient (Wildman–Crippen LogP) is 1.38. The molecule has 0 unspecified atom stereocenters. The minimum absolute atomic E-state index is 0.0179. The molecular formula is C14H17N3O3. The molecule has 3 rings (SSSR count). The summed E-state index contributed by atoms with van der Waals surface area (Å²) in [5.41, 5.74) is 1.48. The predicted molar refractivity (Wildman–Crippen MR) is 72.0 cm³/mol. The van der Waals surface area contributed by atoms with Crippen LogP contribution in [0.3, 0.4) is 0 Å². The van der Waals surface area contributed by atoms with Crippen molar-refractivity contribution in [3.8, 4) is 0 Å². The third kappa shape index (κ3) is 2.33. The number of hydrogen-bond acceptors (Lipinski definition) is 4. The van der Waals surface area contributed by atoms with E-state index in [2.05, 4.69) is 10.4 Å². The van der Waals surface area contributed by atoms with E-state index in [0.29, 0.717) is 18.6 Å². The number of fused-ring (bicyclic) bond motifs is 1. The molecule has 2 heterocycles. The van der Waals surface area contributed by atoms with Crippen molar-refractivity contribution >= 4 is 17.5 Å². The Hall–Kier alpha value is -2.11. The van der Waals surface area contributed by atoms with Crippen LogP contribution in [0.25, 0.3) is 0 Å². The molecule has 0 radical (unpaired) electrons. The number of carbonyl (C=O) groups is 2. The lowest BCUT2D eigenvalue weighted by atomic mass is 9.93. The highest BCUT2D eigenvalue weighted by Crippen LogP contribution is 2.30. The maximum atomic E-state index is 12.2. The molecule has 6 nitrogen and oxygen atoms in total. The summed E-state index contributed by atoms with van der Waals surface area (Å²) in [6.07, 6.45) is 5.23. The van der Waals surface area contributed by atoms with Crippen molar-refractivity contribution in [2.75, 3.05) is 7.05 Å². The monoisotopic (exact) mass is 275 g/mol. The van der Waals surface area contributed by atoms with Crippen LogP contribution in [0.1, 0.15) is 43.0 Å². The lowest BCUT2D eigenvalue weighted by molar-refractivity contribution is -0.130. The van der Waals surface area contributed by atoms with E-state index in [0.717, 1.165) is 30.6 Å². The number of nitrogens with one attached hydrogen (secondary N) is 1. The van der Waals surface area contributed by atoms with Gasteiger partial charge >= 0.3 is 0 Å². The van der Waals surface area contributed by atoms with E-state index < -0.39 is 0 Å². The number of nitrogens with zero attached hydrogens (tertiary/aromatic N) is 2. The van der Waals surface area contributed by atoms with E-state index in [-0.39, 0.29) is 17.9 Å². The van der Waals surface area contributed by atoms with Gasteiger partial charge in [0.25, 0.3) is 5.91 Å². The second kappa shape index (κ2) is 5.11. The topological polar surface area (TPSA) is 74.9 Å². The average molecular weight is 275 g/mol. The minimum Gasteiger partial charge on any atom is -0.469 e. The molecule has 2 amide bonds. The van der Waals surface area contributed by atoms with E-state index in [1.54, 1.807) is 13.3 Å². The fraction of sp³-hybridized carbons (Fsp3) is 0.500. The van der Waals surface area contributed by atoms with Gasteiger partial charge in [0.15, 0.2) is 0 Å². The lowest BCUT2D eigenvalue weighted by Gasteiger charge is -2.24. The third-order valence-corrected chi connectivity index (χ3v) is 3.83. The van der Waals surface area contributed by atoms with Crippen molar-refractivity contribution in [3.05, 3.63) is 23.7 Å². The summed E-state index contributed by atoms with van der Waals surface area (Å²) in [5.74, 6) is 0.708. The Labute approximate surface area is 116 Å². The number of aryl methyl sites for hydroxylation is 1. The van der Waals surface area contributed by atoms with Gasteiger partial charge in [-0.15, -0.1) is 0 Å². The number of rotatable bonds is 2. The lowest BCUT2D eigenvalue weighted by Crippen LogP contribution is -2.39. The molecule has 1 aliphatic carbocycles. The fourth-order valence-corrected chi connectivity index (χ4v) is 2.71. The first kappa shape index (κ1) is 12.9. The fourth-order valence-electron chi connectivity index (χ4n) is 2.71. The van der Waals surface area contributed by atoms with Crippen molar-refractivity contribution in [2.45, 2.75) is 38.1 Å². The van der Waals surface area contributed by atoms with E-state index in [1.807, 2.05) is 6.07 Å². The molecule has 0 bridgehead atoms. The van der Waals surface area contributed by atoms with E-state index in [9.17, 15) is 9.59 Å². The van der Waals surface area contributed by atoms with Crippen molar-refractivity contribution in [1.82, 2.24) is 10.3 Å². The van der Waals surface area contributed by atoms with Crippen LogP contribution in [0.15, 0.2) is 21.8 Å². The van der Waals surface area contributed by atoms with Crippen molar-refractivity contribution in [2.24, 2.45) is 5.10 Å². The standard InChI is InChI=1S/C14H17N3O3/c1-17-13(18)6-5-11(16-17)14(19)15-10-3-2-4-12-9(10)7-8-20-12/h7-8,10H,2-6H2,1H3,(H,15,19)/t10-/m0/s1. The molecule has 1 N–H and O–H groups in total. The van der Waals surface area contributed by atoms with Crippen LogP contribution in [0.5, 0.6) is 0 Å². The summed E-state index contributed by atoms with van der Waals surface area (Å²) in [7, 11) is 1.57. The molecule has 1 aromatic heterocycles. The Morgan fingerprint density at radius 1 is 1.45 bits per heavy atom. The Morgan fingerprint density at radius 3 is 3.10 bits per heavy atom. The first-order chi connectivity index (χ1) is 9.65. The van der Waals surface area contributed by atoms with Gasteiger partial charge in [-0.2, -0.15) is 5.10 Å². The molecule has 0 saturated carbocycles. The first-order valence-corrected chi connectivity index (χ1v) is 6.86. The molecule has 0 saturated heterocycles. The molecular weight excluding hydrogens is 258 g/mol. The first-order valence-electron chi connectivity index (χ1n) is 6.86. The van der Waals surface area contributed by atoms with Gasteiger partial charge in [0, 0.05) is 31.9 Å². The highest BCUT2D eigenvalue weighted by Gasteiger charge is 2.27. The molecule has 0 fully saturated rings. The summed E-state index contributed by atoms with van der Waals surface area (Å²) in [4.78, 5) is 23.6. The van der Waals surface area contributed by atoms with Crippen LogP contribution in [0.2, 0.25) is 0 Å². The number of amides is 2. The SMILES string of the molecule is CN1N=C(C(=O)N[C@H]2CCCc3occc32)CCC1=O. The van der Waals surface area contributed by atoms with Crippen LogP contribution in [0.4, 0.5) is 0 Å². The van der Waals surface area contributed by atoms with E-state index in [4.69, 9.17) is 4.42 Å². The normalized spacial score (nSPS) is 22.2. The number of hydrazone groups is 1. The quantitative estimate of drug-likeness (QED) is 0.886. The van der Waals surface area contributed by atoms with Crippen LogP contribution in [-0.2, 0) is 16.0 Å². The molecule has 0 aromatic carbocycles. The van der Waals surface area contributed by atoms with E-state index in [1.165, 1.54) is 5.01 Å². The van der Waals surface area contributed by atoms with Gasteiger partial charge < -0.3 is 9.73 Å². The Kier molecular flexibility index (Phi) is 3.30. The van der Waals surface area contributed by atoms with Crippen LogP contribution < -0.4 is 5.32 Å².